The van der Waals surface area contributed by atoms with E-state index in [2.05, 4.69) is 15.6 Å². The minimum Gasteiger partial charge on any atom is -0.468 e. The third-order valence-corrected chi connectivity index (χ3v) is 5.24. The molecule has 0 radical (unpaired) electrons. The molecule has 0 spiro atoms. The van der Waals surface area contributed by atoms with Crippen molar-refractivity contribution in [2.24, 2.45) is 5.92 Å². The minimum atomic E-state index is -1.01. The number of nitrogens with one attached hydrogen (secondary N) is 2. The summed E-state index contributed by atoms with van der Waals surface area (Å²) in [5, 5.41) is 6.54. The van der Waals surface area contributed by atoms with Crippen LogP contribution in [0.5, 0.6) is 0 Å². The number of carbonyl (C=O) groups is 3. The van der Waals surface area contributed by atoms with E-state index in [1.807, 2.05) is 13.8 Å². The van der Waals surface area contributed by atoms with Crippen molar-refractivity contribution in [1.29, 1.82) is 0 Å². The number of fused-ring (bicyclic) bond motifs is 1. The monoisotopic (exact) mass is 441 g/mol. The number of aromatic nitrogens is 1. The van der Waals surface area contributed by atoms with Gasteiger partial charge in [-0.3, -0.25) is 19.7 Å². The number of halogens is 1. The molecule has 1 amide bonds. The fraction of sp³-hybridized carbons (Fsp3) is 0.474. The number of carbonyl (C=O) groups excluding carboxylic acids is 3. The average Bonchev–Trinajstić information content (AvgIpc) is 3.06. The van der Waals surface area contributed by atoms with E-state index in [0.29, 0.717) is 22.1 Å². The molecule has 2 atom stereocenters. The molecule has 10 heteroatoms. The summed E-state index contributed by atoms with van der Waals surface area (Å²) in [4.78, 5) is 41.0. The van der Waals surface area contributed by atoms with Gasteiger partial charge in [-0.25, -0.2) is 4.98 Å². The zero-order valence-corrected chi connectivity index (χ0v) is 18.2. The van der Waals surface area contributed by atoms with E-state index in [1.54, 1.807) is 18.2 Å². The van der Waals surface area contributed by atoms with E-state index in [0.717, 1.165) is 4.70 Å². The number of hydrogen-bond donors (Lipinski definition) is 2. The summed E-state index contributed by atoms with van der Waals surface area (Å²) in [5.41, 5.74) is 0.708. The quantitative estimate of drug-likeness (QED) is 0.576. The van der Waals surface area contributed by atoms with Gasteiger partial charge in [0.15, 0.2) is 5.13 Å². The SMILES string of the molecule is COC(=O)C(CC(=O)Nc1nc2ccc(Cl)cc2s1)N[C@@H](CC(C)C)C(=O)OC. The number of methoxy groups -OCH3 is 2. The molecule has 0 bridgehead atoms. The number of benzene rings is 1. The maximum Gasteiger partial charge on any atom is 0.323 e. The van der Waals surface area contributed by atoms with Crippen molar-refractivity contribution in [2.75, 3.05) is 19.5 Å². The van der Waals surface area contributed by atoms with E-state index in [9.17, 15) is 14.4 Å². The molecule has 1 aromatic heterocycles. The van der Waals surface area contributed by atoms with Crippen molar-refractivity contribution in [2.45, 2.75) is 38.8 Å². The first-order valence-corrected chi connectivity index (χ1v) is 10.2. The Morgan fingerprint density at radius 1 is 1.14 bits per heavy atom. The van der Waals surface area contributed by atoms with Crippen LogP contribution >= 0.6 is 22.9 Å². The fourth-order valence-electron chi connectivity index (χ4n) is 2.75. The van der Waals surface area contributed by atoms with Gasteiger partial charge in [0.05, 0.1) is 30.9 Å². The molecule has 29 heavy (non-hydrogen) atoms. The molecule has 0 aliphatic carbocycles. The van der Waals surface area contributed by atoms with Gasteiger partial charge >= 0.3 is 11.9 Å². The van der Waals surface area contributed by atoms with Gasteiger partial charge in [0, 0.05) is 5.02 Å². The van der Waals surface area contributed by atoms with Gasteiger partial charge in [0.25, 0.3) is 0 Å². The molecule has 1 aromatic carbocycles. The first-order chi connectivity index (χ1) is 13.7. The Morgan fingerprint density at radius 3 is 2.41 bits per heavy atom. The van der Waals surface area contributed by atoms with Gasteiger partial charge in [-0.1, -0.05) is 36.8 Å². The largest absolute Gasteiger partial charge is 0.468 e. The van der Waals surface area contributed by atoms with E-state index >= 15 is 0 Å². The van der Waals surface area contributed by atoms with Gasteiger partial charge in [0.1, 0.15) is 12.1 Å². The summed E-state index contributed by atoms with van der Waals surface area (Å²) in [5.74, 6) is -1.41. The molecule has 2 rings (SSSR count). The summed E-state index contributed by atoms with van der Waals surface area (Å²) in [6, 6.07) is 3.49. The molecule has 0 saturated carbocycles. The topological polar surface area (TPSA) is 107 Å². The van der Waals surface area contributed by atoms with Crippen LogP contribution in [0.4, 0.5) is 5.13 Å². The van der Waals surface area contributed by atoms with Crippen LogP contribution in [0.15, 0.2) is 18.2 Å². The number of hydrogen-bond acceptors (Lipinski definition) is 8. The number of nitrogens with zero attached hydrogens (tertiary/aromatic N) is 1. The number of amides is 1. The highest BCUT2D eigenvalue weighted by atomic mass is 35.5. The lowest BCUT2D eigenvalue weighted by Gasteiger charge is -2.23. The normalized spacial score (nSPS) is 13.2. The van der Waals surface area contributed by atoms with Crippen molar-refractivity contribution in [1.82, 2.24) is 10.3 Å². The minimum absolute atomic E-state index is 0.174. The third kappa shape index (κ3) is 6.66. The Kier molecular flexibility index (Phi) is 8.36. The summed E-state index contributed by atoms with van der Waals surface area (Å²) in [7, 11) is 2.50. The smallest absolute Gasteiger partial charge is 0.323 e. The molecule has 0 aliphatic heterocycles. The molecule has 158 valence electrons. The zero-order valence-electron chi connectivity index (χ0n) is 16.7. The second-order valence-electron chi connectivity index (χ2n) is 6.83. The highest BCUT2D eigenvalue weighted by molar-refractivity contribution is 7.22. The molecule has 2 aromatic rings. The summed E-state index contributed by atoms with van der Waals surface area (Å²) in [6.07, 6.45) is 0.218. The first kappa shape index (κ1) is 23.1. The van der Waals surface area contributed by atoms with E-state index in [-0.39, 0.29) is 12.3 Å². The van der Waals surface area contributed by atoms with Crippen LogP contribution in [-0.4, -0.2) is 49.1 Å². The van der Waals surface area contributed by atoms with Crippen molar-refractivity contribution in [3.8, 4) is 0 Å². The van der Waals surface area contributed by atoms with Crippen LogP contribution in [0.3, 0.4) is 0 Å². The van der Waals surface area contributed by atoms with Crippen molar-refractivity contribution in [3.63, 3.8) is 0 Å². The molecule has 2 N–H and O–H groups in total. The predicted molar refractivity (Wildman–Crippen MR) is 112 cm³/mol. The van der Waals surface area contributed by atoms with Crippen molar-refractivity contribution in [3.05, 3.63) is 23.2 Å². The van der Waals surface area contributed by atoms with E-state index in [4.69, 9.17) is 21.1 Å². The van der Waals surface area contributed by atoms with E-state index in [1.165, 1.54) is 25.6 Å². The maximum absolute atomic E-state index is 12.5. The Bertz CT molecular complexity index is 886. The maximum atomic E-state index is 12.5. The molecular formula is C19H24ClN3O5S. The molecule has 8 nitrogen and oxygen atoms in total. The lowest BCUT2D eigenvalue weighted by Crippen LogP contribution is -2.49. The third-order valence-electron chi connectivity index (χ3n) is 4.07. The Labute approximate surface area is 177 Å². The van der Waals surface area contributed by atoms with Crippen LogP contribution < -0.4 is 10.6 Å². The summed E-state index contributed by atoms with van der Waals surface area (Å²) >= 11 is 7.24. The number of ether oxygens (including phenoxy) is 2. The zero-order chi connectivity index (χ0) is 21.6. The number of esters is 2. The van der Waals surface area contributed by atoms with Gasteiger partial charge in [0.2, 0.25) is 5.91 Å². The number of thiazole rings is 1. The lowest BCUT2D eigenvalue weighted by atomic mass is 10.0. The summed E-state index contributed by atoms with van der Waals surface area (Å²) in [6.45, 7) is 3.88. The van der Waals surface area contributed by atoms with Crippen LogP contribution in [0, 0.1) is 5.92 Å². The van der Waals surface area contributed by atoms with Crippen LogP contribution in [0.1, 0.15) is 26.7 Å². The van der Waals surface area contributed by atoms with Gasteiger partial charge in [-0.05, 0) is 30.5 Å². The van der Waals surface area contributed by atoms with Crippen molar-refractivity contribution < 1.29 is 23.9 Å². The van der Waals surface area contributed by atoms with Crippen molar-refractivity contribution >= 4 is 56.1 Å². The standard InChI is InChI=1S/C19H24ClN3O5S/c1-10(2)7-13(17(25)27-3)21-14(18(26)28-4)9-16(24)23-19-22-12-6-5-11(20)8-15(12)29-19/h5-6,8,10,13-14,21H,7,9H2,1-4H3,(H,22,23,24)/t13-,14?/m0/s1. The predicted octanol–water partition coefficient (Wildman–Crippen LogP) is 3.00. The van der Waals surface area contributed by atoms with Gasteiger partial charge < -0.3 is 14.8 Å². The second-order valence-corrected chi connectivity index (χ2v) is 8.30. The highest BCUT2D eigenvalue weighted by Gasteiger charge is 2.30. The van der Waals surface area contributed by atoms with Gasteiger partial charge in [-0.2, -0.15) is 0 Å². The van der Waals surface area contributed by atoms with E-state index < -0.39 is 29.9 Å². The summed E-state index contributed by atoms with van der Waals surface area (Å²) < 4.78 is 10.4. The fourth-order valence-corrected chi connectivity index (χ4v) is 3.91. The Balaban J connectivity index is 2.10. The molecule has 1 unspecified atom stereocenters. The molecule has 1 heterocycles. The lowest BCUT2D eigenvalue weighted by molar-refractivity contribution is -0.147. The molecule has 0 saturated heterocycles. The second kappa shape index (κ2) is 10.5. The Hall–Kier alpha value is -2.23. The Morgan fingerprint density at radius 2 is 1.79 bits per heavy atom. The van der Waals surface area contributed by atoms with Crippen LogP contribution in [0.25, 0.3) is 10.2 Å². The molecule has 0 aliphatic rings. The molecule has 0 fully saturated rings. The number of rotatable bonds is 9. The first-order valence-electron chi connectivity index (χ1n) is 9.01. The highest BCUT2D eigenvalue weighted by Crippen LogP contribution is 2.28. The number of anilines is 1. The van der Waals surface area contributed by atoms with Crippen LogP contribution in [-0.2, 0) is 23.9 Å². The van der Waals surface area contributed by atoms with Gasteiger partial charge in [-0.15, -0.1) is 0 Å². The average molecular weight is 442 g/mol. The molecular weight excluding hydrogens is 418 g/mol. The van der Waals surface area contributed by atoms with Crippen LogP contribution in [0.2, 0.25) is 5.02 Å².